The Balaban J connectivity index is 1.57. The number of rotatable bonds is 9. The number of nitrogens with zero attached hydrogens (tertiary/aromatic N) is 3. The fraction of sp³-hybridized carbons (Fsp3) is 0.250. The van der Waals surface area contributed by atoms with Gasteiger partial charge in [0.25, 0.3) is 11.8 Å². The van der Waals surface area contributed by atoms with E-state index in [2.05, 4.69) is 4.98 Å². The summed E-state index contributed by atoms with van der Waals surface area (Å²) in [7, 11) is 3.83. The van der Waals surface area contributed by atoms with Crippen molar-refractivity contribution in [2.24, 2.45) is 5.73 Å². The molecule has 1 saturated heterocycles. The van der Waals surface area contributed by atoms with Gasteiger partial charge in [0.2, 0.25) is 11.6 Å². The van der Waals surface area contributed by atoms with E-state index in [1.165, 1.54) is 12.1 Å². The minimum Gasteiger partial charge on any atom is -0.478 e. The lowest BCUT2D eigenvalue weighted by atomic mass is 10.0. The summed E-state index contributed by atoms with van der Waals surface area (Å²) in [5.74, 6) is -4.20. The van der Waals surface area contributed by atoms with Crippen LogP contribution in [0.25, 0.3) is 11.1 Å². The molecule has 3 N–H and O–H groups in total. The van der Waals surface area contributed by atoms with Gasteiger partial charge in [0.15, 0.2) is 0 Å². The van der Waals surface area contributed by atoms with Crippen LogP contribution in [0, 0.1) is 18.6 Å². The predicted molar refractivity (Wildman–Crippen MR) is 157 cm³/mol. The summed E-state index contributed by atoms with van der Waals surface area (Å²) in [5.41, 5.74) is 8.62. The molecule has 1 aliphatic rings. The zero-order chi connectivity index (χ0) is 30.0. The molecule has 0 amide bonds. The summed E-state index contributed by atoms with van der Waals surface area (Å²) in [6.45, 7) is 2.91. The van der Waals surface area contributed by atoms with Crippen molar-refractivity contribution in [2.45, 2.75) is 25.9 Å². The van der Waals surface area contributed by atoms with Crippen LogP contribution in [0.1, 0.15) is 27.9 Å². The first-order chi connectivity index (χ1) is 20.1. The highest BCUT2D eigenvalue weighted by molar-refractivity contribution is 5.91. The Morgan fingerprint density at radius 1 is 1.02 bits per heavy atom. The number of benzene rings is 3. The molecular formula is C32H32F2N4O4. The second kappa shape index (κ2) is 12.1. The standard InChI is InChI=1S/C32H32F2N4O4/c1-19-10-11-25(32(39)40)26(14-19)42-31-28(34)29(38-13-12-23(18-38)37(2)3)27(33)30(36-31)41-24-9-5-8-22(16-24)21-7-4-6-20(15-21)17-35/h4-11,14-16,23H,12-13,17-18,35H2,1-3H3,(H,39,40)/t23-/m1/s1. The molecule has 1 aromatic heterocycles. The SMILES string of the molecule is Cc1ccc(C(=O)O)c(Oc2nc(Oc3cccc(-c4cccc(CN)c4)c3)c(F)c(N3CC[C@@H](N(C)C)C3)c2F)c1. The molecule has 0 aliphatic carbocycles. The van der Waals surface area contributed by atoms with Crippen molar-refractivity contribution >= 4 is 11.7 Å². The normalized spacial score (nSPS) is 14.8. The van der Waals surface area contributed by atoms with Crippen LogP contribution in [-0.2, 0) is 6.54 Å². The van der Waals surface area contributed by atoms with Crippen LogP contribution in [0.15, 0.2) is 66.7 Å². The number of anilines is 1. The highest BCUT2D eigenvalue weighted by Crippen LogP contribution is 2.40. The van der Waals surface area contributed by atoms with Gasteiger partial charge >= 0.3 is 5.97 Å². The van der Waals surface area contributed by atoms with Gasteiger partial charge in [-0.15, -0.1) is 0 Å². The number of carboxylic acids is 1. The van der Waals surface area contributed by atoms with Crippen LogP contribution in [0.5, 0.6) is 23.3 Å². The van der Waals surface area contributed by atoms with E-state index >= 15 is 8.78 Å². The molecule has 2 heterocycles. The van der Waals surface area contributed by atoms with Crippen molar-refractivity contribution in [3.8, 4) is 34.4 Å². The molecule has 0 unspecified atom stereocenters. The molecule has 4 aromatic rings. The van der Waals surface area contributed by atoms with E-state index in [0.29, 0.717) is 31.6 Å². The largest absolute Gasteiger partial charge is 0.478 e. The summed E-state index contributed by atoms with van der Waals surface area (Å²) in [6, 6.07) is 19.2. The highest BCUT2D eigenvalue weighted by atomic mass is 19.1. The third kappa shape index (κ3) is 6.05. The Morgan fingerprint density at radius 3 is 2.38 bits per heavy atom. The van der Waals surface area contributed by atoms with Crippen molar-refractivity contribution in [1.82, 2.24) is 9.88 Å². The minimum atomic E-state index is -1.26. The number of nitrogens with two attached hydrogens (primary N) is 1. The Labute approximate surface area is 242 Å². The number of carboxylic acid groups (broad SMARTS) is 1. The monoisotopic (exact) mass is 574 g/mol. The highest BCUT2D eigenvalue weighted by Gasteiger charge is 2.33. The van der Waals surface area contributed by atoms with Crippen LogP contribution in [-0.4, -0.2) is 54.2 Å². The minimum absolute atomic E-state index is 0.0852. The number of pyridine rings is 1. The van der Waals surface area contributed by atoms with E-state index in [0.717, 1.165) is 16.7 Å². The Morgan fingerprint density at radius 2 is 1.71 bits per heavy atom. The third-order valence-corrected chi connectivity index (χ3v) is 7.32. The number of hydrogen-bond donors (Lipinski definition) is 2. The van der Waals surface area contributed by atoms with Gasteiger partial charge in [0.05, 0.1) is 0 Å². The lowest BCUT2D eigenvalue weighted by Crippen LogP contribution is -2.32. The van der Waals surface area contributed by atoms with Crippen molar-refractivity contribution in [3.63, 3.8) is 0 Å². The van der Waals surface area contributed by atoms with Crippen molar-refractivity contribution < 1.29 is 28.2 Å². The summed E-state index contributed by atoms with van der Waals surface area (Å²) in [6.07, 6.45) is 0.700. The lowest BCUT2D eigenvalue weighted by molar-refractivity contribution is 0.0694. The van der Waals surface area contributed by atoms with E-state index < -0.39 is 29.4 Å². The third-order valence-electron chi connectivity index (χ3n) is 7.32. The van der Waals surface area contributed by atoms with E-state index in [1.807, 2.05) is 49.3 Å². The summed E-state index contributed by atoms with van der Waals surface area (Å²) in [4.78, 5) is 19.5. The summed E-state index contributed by atoms with van der Waals surface area (Å²) < 4.78 is 43.8. The zero-order valence-electron chi connectivity index (χ0n) is 23.6. The van der Waals surface area contributed by atoms with Gasteiger partial charge in [0, 0.05) is 25.7 Å². The summed E-state index contributed by atoms with van der Waals surface area (Å²) >= 11 is 0. The van der Waals surface area contributed by atoms with Crippen molar-refractivity contribution in [3.05, 3.63) is 95.1 Å². The van der Waals surface area contributed by atoms with E-state index in [9.17, 15) is 9.90 Å². The molecule has 1 aliphatic heterocycles. The molecule has 218 valence electrons. The number of hydrogen-bond acceptors (Lipinski definition) is 7. The van der Waals surface area contributed by atoms with Gasteiger partial charge in [0.1, 0.15) is 22.7 Å². The Hall–Kier alpha value is -4.54. The van der Waals surface area contributed by atoms with E-state index in [4.69, 9.17) is 15.2 Å². The Bertz CT molecular complexity index is 1630. The fourth-order valence-corrected chi connectivity index (χ4v) is 4.99. The molecule has 8 nitrogen and oxygen atoms in total. The molecule has 10 heteroatoms. The average molecular weight is 575 g/mol. The number of halogens is 2. The fourth-order valence-electron chi connectivity index (χ4n) is 4.99. The van der Waals surface area contributed by atoms with Crippen LogP contribution < -0.4 is 20.1 Å². The van der Waals surface area contributed by atoms with Crippen molar-refractivity contribution in [2.75, 3.05) is 32.1 Å². The molecule has 1 atom stereocenters. The first kappa shape index (κ1) is 29.0. The quantitative estimate of drug-likeness (QED) is 0.243. The van der Waals surface area contributed by atoms with Crippen molar-refractivity contribution in [1.29, 1.82) is 0 Å². The Kier molecular flexibility index (Phi) is 8.37. The number of ether oxygens (including phenoxy) is 2. The van der Waals surface area contributed by atoms with Gasteiger partial charge in [-0.3, -0.25) is 0 Å². The predicted octanol–water partition coefficient (Wildman–Crippen LogP) is 6.22. The van der Waals surface area contributed by atoms with Gasteiger partial charge in [-0.2, -0.15) is 13.8 Å². The first-order valence-corrected chi connectivity index (χ1v) is 13.5. The lowest BCUT2D eigenvalue weighted by Gasteiger charge is -2.24. The zero-order valence-corrected chi connectivity index (χ0v) is 23.6. The van der Waals surface area contributed by atoms with Gasteiger partial charge < -0.3 is 30.1 Å². The molecule has 42 heavy (non-hydrogen) atoms. The molecular weight excluding hydrogens is 542 g/mol. The molecule has 1 fully saturated rings. The number of likely N-dealkylation sites (N-methyl/N-ethyl adjacent to an activating group) is 1. The number of aromatic carboxylic acids is 1. The maximum atomic E-state index is 16.1. The molecule has 0 radical (unpaired) electrons. The van der Waals surface area contributed by atoms with Crippen LogP contribution in [0.2, 0.25) is 0 Å². The molecule has 0 bridgehead atoms. The number of carbonyl (C=O) groups is 1. The molecule has 0 spiro atoms. The molecule has 3 aromatic carbocycles. The molecule has 0 saturated carbocycles. The van der Waals surface area contributed by atoms with E-state index in [-0.39, 0.29) is 28.8 Å². The average Bonchev–Trinajstić information content (AvgIpc) is 3.46. The number of aryl methyl sites for hydroxylation is 1. The second-order valence-corrected chi connectivity index (χ2v) is 10.5. The van der Waals surface area contributed by atoms with Gasteiger partial charge in [-0.25, -0.2) is 4.79 Å². The first-order valence-electron chi connectivity index (χ1n) is 13.5. The summed E-state index contributed by atoms with van der Waals surface area (Å²) in [5, 5.41) is 9.66. The maximum Gasteiger partial charge on any atom is 0.339 e. The van der Waals surface area contributed by atoms with Crippen LogP contribution in [0.3, 0.4) is 0 Å². The van der Waals surface area contributed by atoms with Crippen LogP contribution in [0.4, 0.5) is 14.5 Å². The van der Waals surface area contributed by atoms with Crippen LogP contribution >= 0.6 is 0 Å². The smallest absolute Gasteiger partial charge is 0.339 e. The topological polar surface area (TPSA) is 101 Å². The van der Waals surface area contributed by atoms with E-state index in [1.54, 1.807) is 36.1 Å². The van der Waals surface area contributed by atoms with Gasteiger partial charge in [-0.1, -0.05) is 36.4 Å². The number of aromatic nitrogens is 1. The maximum absolute atomic E-state index is 16.1. The second-order valence-electron chi connectivity index (χ2n) is 10.5. The van der Waals surface area contributed by atoms with Gasteiger partial charge in [-0.05, 0) is 80.0 Å². The molecule has 5 rings (SSSR count).